The Labute approximate surface area is 126 Å². The molecule has 1 aliphatic carbocycles. The predicted molar refractivity (Wildman–Crippen MR) is 77.8 cm³/mol. The number of nitrogens with zero attached hydrogens (tertiary/aromatic N) is 1. The molecule has 1 fully saturated rings. The summed E-state index contributed by atoms with van der Waals surface area (Å²) >= 11 is 0. The highest BCUT2D eigenvalue weighted by Gasteiger charge is 2.49. The van der Waals surface area contributed by atoms with E-state index in [9.17, 15) is 10.1 Å². The molecule has 0 unspecified atom stereocenters. The molecule has 0 radical (unpaired) electrons. The molecule has 1 spiro atoms. The lowest BCUT2D eigenvalue weighted by atomic mass is 10.0. The summed E-state index contributed by atoms with van der Waals surface area (Å²) in [7, 11) is 1.59. The van der Waals surface area contributed by atoms with Crippen molar-refractivity contribution < 1.29 is 19.1 Å². The SMILES string of the molecule is COc1ccc2c(c1)C1(OCCO1)c1cc([N+](=O)[O-])ccc1-2. The van der Waals surface area contributed by atoms with Crippen LogP contribution in [0.2, 0.25) is 0 Å². The average molecular weight is 299 g/mol. The monoisotopic (exact) mass is 299 g/mol. The third-order valence-electron chi connectivity index (χ3n) is 4.13. The van der Waals surface area contributed by atoms with Gasteiger partial charge in [-0.1, -0.05) is 6.07 Å². The lowest BCUT2D eigenvalue weighted by Crippen LogP contribution is -2.26. The van der Waals surface area contributed by atoms with Gasteiger partial charge < -0.3 is 14.2 Å². The summed E-state index contributed by atoms with van der Waals surface area (Å²) in [4.78, 5) is 10.7. The molecule has 2 aromatic rings. The van der Waals surface area contributed by atoms with Crippen LogP contribution in [0.4, 0.5) is 5.69 Å². The van der Waals surface area contributed by atoms with Crippen molar-refractivity contribution in [2.45, 2.75) is 5.79 Å². The summed E-state index contributed by atoms with van der Waals surface area (Å²) < 4.78 is 17.1. The molecule has 4 rings (SSSR count). The van der Waals surface area contributed by atoms with E-state index >= 15 is 0 Å². The minimum atomic E-state index is -1.06. The second-order valence-electron chi connectivity index (χ2n) is 5.21. The van der Waals surface area contributed by atoms with Crippen LogP contribution in [0, 0.1) is 10.1 Å². The molecule has 1 saturated heterocycles. The highest BCUT2D eigenvalue weighted by Crippen LogP contribution is 2.53. The maximum absolute atomic E-state index is 11.1. The van der Waals surface area contributed by atoms with Gasteiger partial charge in [0, 0.05) is 23.3 Å². The third-order valence-corrected chi connectivity index (χ3v) is 4.13. The standard InChI is InChI=1S/C16H13NO5/c1-20-11-3-5-13-12-4-2-10(17(18)19)8-14(12)16(15(13)9-11)21-6-7-22-16/h2-5,8-9H,6-7H2,1H3. The van der Waals surface area contributed by atoms with Gasteiger partial charge in [0.15, 0.2) is 0 Å². The smallest absolute Gasteiger partial charge is 0.269 e. The van der Waals surface area contributed by atoms with Crippen LogP contribution in [0.25, 0.3) is 11.1 Å². The second kappa shape index (κ2) is 4.53. The summed E-state index contributed by atoms with van der Waals surface area (Å²) in [5, 5.41) is 11.1. The Balaban J connectivity index is 1.99. The fourth-order valence-electron chi connectivity index (χ4n) is 3.18. The van der Waals surface area contributed by atoms with Gasteiger partial charge in [-0.15, -0.1) is 0 Å². The van der Waals surface area contributed by atoms with E-state index in [0.29, 0.717) is 24.5 Å². The van der Waals surface area contributed by atoms with E-state index in [-0.39, 0.29) is 5.69 Å². The van der Waals surface area contributed by atoms with Crippen LogP contribution in [-0.2, 0) is 15.3 Å². The van der Waals surface area contributed by atoms with Crippen LogP contribution in [0.5, 0.6) is 5.75 Å². The summed E-state index contributed by atoms with van der Waals surface area (Å²) in [6, 6.07) is 10.4. The van der Waals surface area contributed by atoms with Crippen molar-refractivity contribution in [1.29, 1.82) is 0 Å². The van der Waals surface area contributed by atoms with Crippen LogP contribution < -0.4 is 4.74 Å². The Hall–Kier alpha value is -2.44. The fraction of sp³-hybridized carbons (Fsp3) is 0.250. The molecular formula is C16H13NO5. The number of nitro benzene ring substituents is 1. The average Bonchev–Trinajstić information content (AvgIpc) is 3.13. The van der Waals surface area contributed by atoms with Crippen molar-refractivity contribution in [3.8, 4) is 16.9 Å². The van der Waals surface area contributed by atoms with Gasteiger partial charge in [0.2, 0.25) is 5.79 Å². The van der Waals surface area contributed by atoms with E-state index in [4.69, 9.17) is 14.2 Å². The van der Waals surface area contributed by atoms with E-state index in [1.54, 1.807) is 13.2 Å². The minimum Gasteiger partial charge on any atom is -0.497 e. The molecule has 1 heterocycles. The summed E-state index contributed by atoms with van der Waals surface area (Å²) in [6.45, 7) is 0.886. The van der Waals surface area contributed by atoms with Gasteiger partial charge in [-0.2, -0.15) is 0 Å². The predicted octanol–water partition coefficient (Wildman–Crippen LogP) is 2.83. The largest absolute Gasteiger partial charge is 0.497 e. The topological polar surface area (TPSA) is 70.8 Å². The zero-order valence-electron chi connectivity index (χ0n) is 11.9. The van der Waals surface area contributed by atoms with Crippen molar-refractivity contribution in [3.63, 3.8) is 0 Å². The van der Waals surface area contributed by atoms with Gasteiger partial charge in [0.25, 0.3) is 5.69 Å². The van der Waals surface area contributed by atoms with E-state index < -0.39 is 10.7 Å². The van der Waals surface area contributed by atoms with Crippen molar-refractivity contribution in [3.05, 3.63) is 57.6 Å². The van der Waals surface area contributed by atoms with Crippen molar-refractivity contribution in [1.82, 2.24) is 0 Å². The number of methoxy groups -OCH3 is 1. The molecule has 0 aromatic heterocycles. The van der Waals surface area contributed by atoms with Crippen molar-refractivity contribution >= 4 is 5.69 Å². The molecule has 0 N–H and O–H groups in total. The normalized spacial score (nSPS) is 17.3. The van der Waals surface area contributed by atoms with E-state index in [1.807, 2.05) is 18.2 Å². The molecule has 2 aromatic carbocycles. The second-order valence-corrected chi connectivity index (χ2v) is 5.21. The number of nitro groups is 1. The van der Waals surface area contributed by atoms with Crippen LogP contribution in [-0.4, -0.2) is 25.2 Å². The lowest BCUT2D eigenvalue weighted by molar-refractivity contribution is -0.385. The number of ether oxygens (including phenoxy) is 3. The number of benzene rings is 2. The van der Waals surface area contributed by atoms with Crippen molar-refractivity contribution in [2.24, 2.45) is 0 Å². The number of non-ortho nitro benzene ring substituents is 1. The highest BCUT2D eigenvalue weighted by atomic mass is 16.7. The van der Waals surface area contributed by atoms with Gasteiger partial charge in [-0.05, 0) is 29.3 Å². The van der Waals surface area contributed by atoms with Gasteiger partial charge in [-0.25, -0.2) is 0 Å². The summed E-state index contributed by atoms with van der Waals surface area (Å²) in [6.07, 6.45) is 0. The third kappa shape index (κ3) is 1.62. The molecule has 0 amide bonds. The highest BCUT2D eigenvalue weighted by molar-refractivity contribution is 5.81. The number of hydrogen-bond acceptors (Lipinski definition) is 5. The molecule has 0 bridgehead atoms. The Morgan fingerprint density at radius 2 is 1.73 bits per heavy atom. The number of rotatable bonds is 2. The zero-order valence-corrected chi connectivity index (χ0v) is 11.9. The van der Waals surface area contributed by atoms with Crippen LogP contribution in [0.15, 0.2) is 36.4 Å². The lowest BCUT2D eigenvalue weighted by Gasteiger charge is -2.24. The Morgan fingerprint density at radius 3 is 2.36 bits per heavy atom. The van der Waals surface area contributed by atoms with Gasteiger partial charge in [0.05, 0.1) is 25.2 Å². The van der Waals surface area contributed by atoms with Gasteiger partial charge in [0.1, 0.15) is 5.75 Å². The molecule has 22 heavy (non-hydrogen) atoms. The van der Waals surface area contributed by atoms with Crippen molar-refractivity contribution in [2.75, 3.05) is 20.3 Å². The molecule has 112 valence electrons. The van der Waals surface area contributed by atoms with E-state index in [2.05, 4.69) is 0 Å². The maximum atomic E-state index is 11.1. The van der Waals surface area contributed by atoms with Gasteiger partial charge in [-0.3, -0.25) is 10.1 Å². The first kappa shape index (κ1) is 13.2. The van der Waals surface area contributed by atoms with Gasteiger partial charge >= 0.3 is 0 Å². The minimum absolute atomic E-state index is 0.0250. The van der Waals surface area contributed by atoms with Crippen LogP contribution in [0.3, 0.4) is 0 Å². The quantitative estimate of drug-likeness (QED) is 0.630. The molecule has 6 nitrogen and oxygen atoms in total. The fourth-order valence-corrected chi connectivity index (χ4v) is 3.18. The first-order valence-corrected chi connectivity index (χ1v) is 6.91. The molecule has 0 atom stereocenters. The Bertz CT molecular complexity index is 780. The molecule has 6 heteroatoms. The van der Waals surface area contributed by atoms with Crippen LogP contribution in [0.1, 0.15) is 11.1 Å². The molecule has 2 aliphatic rings. The molecular weight excluding hydrogens is 286 g/mol. The molecule has 1 aliphatic heterocycles. The Morgan fingerprint density at radius 1 is 1.09 bits per heavy atom. The molecule has 0 saturated carbocycles. The zero-order chi connectivity index (χ0) is 15.3. The first-order valence-electron chi connectivity index (χ1n) is 6.91. The first-order chi connectivity index (χ1) is 10.7. The number of hydrogen-bond donors (Lipinski definition) is 0. The Kier molecular flexibility index (Phi) is 2.72. The maximum Gasteiger partial charge on any atom is 0.269 e. The van der Waals surface area contributed by atoms with Crippen LogP contribution >= 0.6 is 0 Å². The number of fused-ring (bicyclic) bond motifs is 5. The van der Waals surface area contributed by atoms with E-state index in [0.717, 1.165) is 16.7 Å². The van der Waals surface area contributed by atoms with E-state index in [1.165, 1.54) is 12.1 Å². The summed E-state index contributed by atoms with van der Waals surface area (Å²) in [5.74, 6) is -0.370. The summed E-state index contributed by atoms with van der Waals surface area (Å²) in [5.41, 5.74) is 3.39.